The summed E-state index contributed by atoms with van der Waals surface area (Å²) < 4.78 is 0. The maximum atomic E-state index is 13.1. The topological polar surface area (TPSA) is 118 Å². The first kappa shape index (κ1) is 52.4. The molecule has 0 aromatic rings. The number of unbranched alkanes of at least 4 members (excludes halogenated alkanes) is 26. The molecule has 0 aromatic carbocycles. The molecule has 2 amide bonds. The fraction of sp³-hybridized carbons (Fsp3) is 0.897. The number of rotatable bonds is 35. The Labute approximate surface area is 339 Å². The Morgan fingerprint density at radius 1 is 0.417 bits per heavy atom. The molecule has 0 saturated carbocycles. The maximum Gasteiger partial charge on any atom is 1.00 e. The van der Waals surface area contributed by atoms with Crippen LogP contribution >= 0.6 is 0 Å². The summed E-state index contributed by atoms with van der Waals surface area (Å²) in [6.45, 7) is 4.48. The number of hydrogen-bond acceptors (Lipinski definition) is 6. The monoisotopic (exact) mass is 696 g/mol. The van der Waals surface area contributed by atoms with Gasteiger partial charge in [-0.3, -0.25) is 14.5 Å². The predicted octanol–water partition coefficient (Wildman–Crippen LogP) is 2.74. The smallest absolute Gasteiger partial charge is 0.550 e. The van der Waals surface area contributed by atoms with Gasteiger partial charge >= 0.3 is 59.1 Å². The van der Waals surface area contributed by atoms with Gasteiger partial charge in [-0.15, -0.1) is 0 Å². The first-order valence-corrected chi connectivity index (χ1v) is 19.6. The van der Waals surface area contributed by atoms with Gasteiger partial charge in [-0.1, -0.05) is 181 Å². The molecule has 0 saturated heterocycles. The van der Waals surface area contributed by atoms with Gasteiger partial charge in [-0.25, -0.2) is 0 Å². The second-order valence-corrected chi connectivity index (χ2v) is 13.6. The van der Waals surface area contributed by atoms with Crippen molar-refractivity contribution in [1.82, 2.24) is 4.90 Å². The van der Waals surface area contributed by atoms with Gasteiger partial charge in [-0.05, 0) is 25.7 Å². The number of imide groups is 1. The van der Waals surface area contributed by atoms with E-state index >= 15 is 0 Å². The van der Waals surface area contributed by atoms with Crippen LogP contribution in [0.3, 0.4) is 0 Å². The molecule has 0 aliphatic rings. The molecular weight excluding hydrogens is 624 g/mol. The van der Waals surface area contributed by atoms with Crippen LogP contribution in [0.25, 0.3) is 0 Å². The fourth-order valence-corrected chi connectivity index (χ4v) is 6.28. The number of hydrogen-bond donors (Lipinski definition) is 0. The van der Waals surface area contributed by atoms with E-state index in [2.05, 4.69) is 13.8 Å². The molecule has 0 aliphatic heterocycles. The first-order valence-electron chi connectivity index (χ1n) is 19.6. The van der Waals surface area contributed by atoms with Gasteiger partial charge in [0, 0.05) is 18.8 Å². The molecule has 48 heavy (non-hydrogen) atoms. The van der Waals surface area contributed by atoms with E-state index in [1.807, 2.05) is 0 Å². The minimum absolute atomic E-state index is 0. The zero-order chi connectivity index (χ0) is 34.1. The van der Waals surface area contributed by atoms with Crippen LogP contribution in [-0.4, -0.2) is 34.7 Å². The summed E-state index contributed by atoms with van der Waals surface area (Å²) in [6, 6.07) is -1.57. The number of carboxylic acids is 2. The number of aliphatic carboxylic acids is 2. The molecule has 0 aromatic heterocycles. The van der Waals surface area contributed by atoms with Crippen molar-refractivity contribution < 1.29 is 88.5 Å². The van der Waals surface area contributed by atoms with Crippen molar-refractivity contribution in [1.29, 1.82) is 0 Å². The number of carbonyl (C=O) groups excluding carboxylic acids is 4. The van der Waals surface area contributed by atoms with Gasteiger partial charge < -0.3 is 19.8 Å². The standard InChI is InChI=1S/C39H73NO6.2Na/c1-3-5-7-9-11-13-15-17-18-20-22-24-26-28-30-32-37(42)40(35(39(45)46)33-34-38(43)44)36(41)31-29-27-25-23-21-19-16-14-12-10-8-6-4-2;;/h35H,3-34H2,1-2H3,(H,43,44)(H,45,46);;/q;2*+1/p-2/t35-;;/m0../s1. The summed E-state index contributed by atoms with van der Waals surface area (Å²) >= 11 is 0. The summed E-state index contributed by atoms with van der Waals surface area (Å²) in [4.78, 5) is 49.9. The summed E-state index contributed by atoms with van der Waals surface area (Å²) in [5.41, 5.74) is 0. The molecule has 0 unspecified atom stereocenters. The van der Waals surface area contributed by atoms with E-state index in [1.54, 1.807) is 0 Å². The number of amides is 2. The van der Waals surface area contributed by atoms with Crippen molar-refractivity contribution in [3.8, 4) is 0 Å². The van der Waals surface area contributed by atoms with Crippen LogP contribution in [0.1, 0.15) is 219 Å². The third kappa shape index (κ3) is 33.2. The molecular formula is C39H71NNa2O6. The summed E-state index contributed by atoms with van der Waals surface area (Å²) in [5.74, 6) is -4.08. The molecule has 0 bridgehead atoms. The summed E-state index contributed by atoms with van der Waals surface area (Å²) in [6.07, 6.45) is 32.4. The van der Waals surface area contributed by atoms with Crippen molar-refractivity contribution in [2.24, 2.45) is 0 Å². The molecule has 7 nitrogen and oxygen atoms in total. The second kappa shape index (κ2) is 39.9. The predicted molar refractivity (Wildman–Crippen MR) is 185 cm³/mol. The number of carboxylic acid groups (broad SMARTS) is 2. The normalized spacial score (nSPS) is 11.4. The quantitative estimate of drug-likeness (QED) is 0.0744. The van der Waals surface area contributed by atoms with Crippen LogP contribution in [0.5, 0.6) is 0 Å². The molecule has 0 radical (unpaired) electrons. The zero-order valence-corrected chi connectivity index (χ0v) is 36.1. The van der Waals surface area contributed by atoms with E-state index in [4.69, 9.17) is 0 Å². The third-order valence-electron chi connectivity index (χ3n) is 9.23. The van der Waals surface area contributed by atoms with Crippen LogP contribution in [0.15, 0.2) is 0 Å². The van der Waals surface area contributed by atoms with Gasteiger partial charge in [0.2, 0.25) is 11.8 Å². The Morgan fingerprint density at radius 3 is 0.896 bits per heavy atom. The average Bonchev–Trinajstić information content (AvgIpc) is 3.02. The SMILES string of the molecule is CCCCCCCCCCCCCCCCCC(=O)N(C(=O)CCCCCCCCCCCCCCC)[C@@H](CCC(=O)[O-])C(=O)[O-].[Na+].[Na+]. The molecule has 1 atom stereocenters. The van der Waals surface area contributed by atoms with Gasteiger partial charge in [0.1, 0.15) is 0 Å². The van der Waals surface area contributed by atoms with Gasteiger partial charge in [-0.2, -0.15) is 0 Å². The van der Waals surface area contributed by atoms with E-state index in [9.17, 15) is 29.4 Å². The first-order chi connectivity index (χ1) is 22.3. The maximum absolute atomic E-state index is 13.1. The Morgan fingerprint density at radius 2 is 0.667 bits per heavy atom. The van der Waals surface area contributed by atoms with E-state index in [0.717, 1.165) is 43.4 Å². The van der Waals surface area contributed by atoms with Crippen LogP contribution < -0.4 is 69.3 Å². The van der Waals surface area contributed by atoms with Crippen molar-refractivity contribution in [3.05, 3.63) is 0 Å². The minimum atomic E-state index is -1.59. The Bertz CT molecular complexity index is 767. The molecule has 0 rings (SSSR count). The summed E-state index contributed by atoms with van der Waals surface area (Å²) in [7, 11) is 0. The van der Waals surface area contributed by atoms with E-state index in [-0.39, 0.29) is 78.4 Å². The van der Waals surface area contributed by atoms with Gasteiger partial charge in [0.15, 0.2) is 0 Å². The van der Waals surface area contributed by atoms with Crippen molar-refractivity contribution >= 4 is 23.8 Å². The largest absolute Gasteiger partial charge is 1.00 e. The molecule has 0 N–H and O–H groups in total. The second-order valence-electron chi connectivity index (χ2n) is 13.6. The van der Waals surface area contributed by atoms with Crippen LogP contribution in [0.2, 0.25) is 0 Å². The Kier molecular flexibility index (Phi) is 43.5. The number of carbonyl (C=O) groups is 4. The van der Waals surface area contributed by atoms with E-state index in [0.29, 0.717) is 12.8 Å². The zero-order valence-electron chi connectivity index (χ0n) is 32.1. The Balaban J connectivity index is -0.0000101. The number of nitrogens with zero attached hydrogens (tertiary/aromatic N) is 1. The van der Waals surface area contributed by atoms with E-state index in [1.165, 1.54) is 128 Å². The van der Waals surface area contributed by atoms with Crippen molar-refractivity contribution in [3.63, 3.8) is 0 Å². The van der Waals surface area contributed by atoms with Crippen molar-refractivity contribution in [2.75, 3.05) is 0 Å². The van der Waals surface area contributed by atoms with Crippen molar-refractivity contribution in [2.45, 2.75) is 225 Å². The average molecular weight is 696 g/mol. The fourth-order valence-electron chi connectivity index (χ4n) is 6.28. The van der Waals surface area contributed by atoms with Gasteiger partial charge in [0.25, 0.3) is 0 Å². The van der Waals surface area contributed by atoms with Crippen LogP contribution in [0, 0.1) is 0 Å². The molecule has 0 heterocycles. The minimum Gasteiger partial charge on any atom is -0.550 e. The molecule has 0 spiro atoms. The van der Waals surface area contributed by atoms with Gasteiger partial charge in [0.05, 0.1) is 12.0 Å². The molecule has 9 heteroatoms. The molecule has 0 aliphatic carbocycles. The Hall–Kier alpha value is 0.0800. The van der Waals surface area contributed by atoms with E-state index < -0.39 is 36.2 Å². The van der Waals surface area contributed by atoms with Crippen LogP contribution in [-0.2, 0) is 19.2 Å². The summed E-state index contributed by atoms with van der Waals surface area (Å²) in [5, 5.41) is 22.9. The molecule has 0 fully saturated rings. The molecule has 270 valence electrons. The van der Waals surface area contributed by atoms with Crippen LogP contribution in [0.4, 0.5) is 0 Å². The third-order valence-corrected chi connectivity index (χ3v) is 9.23.